The summed E-state index contributed by atoms with van der Waals surface area (Å²) in [5.74, 6) is 1.24. The van der Waals surface area contributed by atoms with Crippen molar-refractivity contribution in [2.45, 2.75) is 45.1 Å². The molecule has 0 bridgehead atoms. The minimum absolute atomic E-state index is 0.317. The molecule has 0 amide bonds. The topological polar surface area (TPSA) is 99.1 Å². The molecule has 166 valence electrons. The van der Waals surface area contributed by atoms with Gasteiger partial charge in [-0.05, 0) is 30.2 Å². The smallest absolute Gasteiger partial charge is 0.227 e. The average molecular weight is 432 g/mol. The van der Waals surface area contributed by atoms with E-state index in [1.54, 1.807) is 12.4 Å². The first kappa shape index (κ1) is 22.1. The van der Waals surface area contributed by atoms with Crippen molar-refractivity contribution >= 4 is 0 Å². The minimum atomic E-state index is -1.23. The fourth-order valence-electron chi connectivity index (χ4n) is 4.74. The average Bonchev–Trinajstić information content (AvgIpc) is 3.25. The van der Waals surface area contributed by atoms with Crippen LogP contribution in [-0.4, -0.2) is 45.3 Å². The van der Waals surface area contributed by atoms with Crippen LogP contribution in [0.5, 0.6) is 0 Å². The van der Waals surface area contributed by atoms with Crippen molar-refractivity contribution in [2.24, 2.45) is 5.41 Å². The molecular formula is C25H29N5O2. The van der Waals surface area contributed by atoms with E-state index in [2.05, 4.69) is 66.0 Å². The van der Waals surface area contributed by atoms with Crippen LogP contribution in [0, 0.1) is 16.7 Å². The number of aromatic nitrogens is 3. The van der Waals surface area contributed by atoms with Crippen LogP contribution < -0.4 is 0 Å². The molecule has 7 heteroatoms. The summed E-state index contributed by atoms with van der Waals surface area (Å²) in [4.78, 5) is 11.0. The number of nitrogens with zero attached hydrogens (tertiary/aromatic N) is 5. The van der Waals surface area contributed by atoms with Gasteiger partial charge in [0.2, 0.25) is 11.7 Å². The molecule has 2 aromatic heterocycles. The summed E-state index contributed by atoms with van der Waals surface area (Å²) in [5, 5.41) is 25.1. The van der Waals surface area contributed by atoms with Crippen LogP contribution in [0.15, 0.2) is 47.2 Å². The van der Waals surface area contributed by atoms with Gasteiger partial charge in [0.1, 0.15) is 5.60 Å². The third-order valence-corrected chi connectivity index (χ3v) is 6.44. The summed E-state index contributed by atoms with van der Waals surface area (Å²) in [6.07, 6.45) is 4.12. The van der Waals surface area contributed by atoms with Gasteiger partial charge in [-0.2, -0.15) is 10.2 Å². The molecule has 32 heavy (non-hydrogen) atoms. The number of hydrogen-bond donors (Lipinski definition) is 1. The normalized spacial score (nSPS) is 17.5. The highest BCUT2D eigenvalue weighted by Gasteiger charge is 2.55. The number of rotatable bonds is 7. The van der Waals surface area contributed by atoms with Crippen molar-refractivity contribution in [3.63, 3.8) is 0 Å². The Hall–Kier alpha value is -3.08. The second-order valence-electron chi connectivity index (χ2n) is 9.35. The summed E-state index contributed by atoms with van der Waals surface area (Å²) in [6.45, 7) is 7.96. The summed E-state index contributed by atoms with van der Waals surface area (Å²) >= 11 is 0. The van der Waals surface area contributed by atoms with Crippen LogP contribution in [0.1, 0.15) is 55.7 Å². The molecular weight excluding hydrogens is 402 g/mol. The van der Waals surface area contributed by atoms with Gasteiger partial charge in [0.15, 0.2) is 0 Å². The highest BCUT2D eigenvalue weighted by molar-refractivity contribution is 5.56. The Kier molecular flexibility index (Phi) is 5.85. The zero-order valence-electron chi connectivity index (χ0n) is 19.0. The molecule has 1 aliphatic heterocycles. The second kappa shape index (κ2) is 8.45. The molecule has 4 rings (SSSR count). The maximum atomic E-state index is 12.3. The van der Waals surface area contributed by atoms with Gasteiger partial charge in [-0.15, -0.1) is 0 Å². The van der Waals surface area contributed by atoms with E-state index in [1.165, 1.54) is 5.56 Å². The summed E-state index contributed by atoms with van der Waals surface area (Å²) in [5.41, 5.74) is 1.84. The molecule has 0 aliphatic carbocycles. The van der Waals surface area contributed by atoms with Gasteiger partial charge in [0.25, 0.3) is 0 Å². The lowest BCUT2D eigenvalue weighted by atomic mass is 9.62. The minimum Gasteiger partial charge on any atom is -0.380 e. The summed E-state index contributed by atoms with van der Waals surface area (Å²) < 4.78 is 5.27. The Bertz CT molecular complexity index is 1130. The highest BCUT2D eigenvalue weighted by atomic mass is 16.5. The fraction of sp³-hybridized carbons (Fsp3) is 0.440. The van der Waals surface area contributed by atoms with Crippen molar-refractivity contribution < 1.29 is 9.63 Å². The SMILES string of the molecule is CC(C)c1ccc([C@](O)(c2cncc(-c3noc(CCC#N)n3)c2)C2(C)CN(C)C2)cc1. The summed E-state index contributed by atoms with van der Waals surface area (Å²) in [6, 6.07) is 12.2. The molecule has 7 nitrogen and oxygen atoms in total. The quantitative estimate of drug-likeness (QED) is 0.606. The van der Waals surface area contributed by atoms with E-state index in [1.807, 2.05) is 18.2 Å². The van der Waals surface area contributed by atoms with Gasteiger partial charge >= 0.3 is 0 Å². The number of benzene rings is 1. The van der Waals surface area contributed by atoms with E-state index in [9.17, 15) is 5.11 Å². The van der Waals surface area contributed by atoms with E-state index < -0.39 is 5.60 Å². The lowest BCUT2D eigenvalue weighted by Crippen LogP contribution is -2.63. The van der Waals surface area contributed by atoms with Gasteiger partial charge in [-0.25, -0.2) is 0 Å². The van der Waals surface area contributed by atoms with Crippen molar-refractivity contribution in [1.29, 1.82) is 5.26 Å². The number of likely N-dealkylation sites (tertiary alicyclic amines) is 1. The molecule has 0 radical (unpaired) electrons. The van der Waals surface area contributed by atoms with Crippen molar-refractivity contribution in [3.05, 3.63) is 65.3 Å². The first-order chi connectivity index (χ1) is 15.3. The molecule has 1 saturated heterocycles. The standard InChI is InChI=1S/C25H29N5O2/c1-17(2)18-7-9-20(10-8-18)25(31,24(3)15-30(4)16-24)21-12-19(13-27-14-21)23-28-22(32-29-23)6-5-11-26/h7-10,12-14,17,31H,5-6,15-16H2,1-4H3/t25-/m0/s1. The van der Waals surface area contributed by atoms with Gasteiger partial charge in [-0.3, -0.25) is 4.98 Å². The molecule has 1 aliphatic rings. The number of hydrogen-bond acceptors (Lipinski definition) is 7. The third kappa shape index (κ3) is 3.81. The molecule has 0 spiro atoms. The first-order valence-electron chi connectivity index (χ1n) is 10.9. The number of nitriles is 1. The Morgan fingerprint density at radius 3 is 2.56 bits per heavy atom. The van der Waals surface area contributed by atoms with Crippen LogP contribution >= 0.6 is 0 Å². The van der Waals surface area contributed by atoms with Crippen LogP contribution in [0.25, 0.3) is 11.4 Å². The summed E-state index contributed by atoms with van der Waals surface area (Å²) in [7, 11) is 2.06. The first-order valence-corrected chi connectivity index (χ1v) is 10.9. The molecule has 0 unspecified atom stereocenters. The van der Waals surface area contributed by atoms with E-state index in [-0.39, 0.29) is 5.41 Å². The van der Waals surface area contributed by atoms with Gasteiger partial charge < -0.3 is 14.5 Å². The van der Waals surface area contributed by atoms with E-state index in [0.717, 1.165) is 18.7 Å². The molecule has 1 atom stereocenters. The highest BCUT2D eigenvalue weighted by Crippen LogP contribution is 2.50. The molecule has 1 fully saturated rings. The predicted molar refractivity (Wildman–Crippen MR) is 121 cm³/mol. The monoisotopic (exact) mass is 431 g/mol. The van der Waals surface area contributed by atoms with Crippen molar-refractivity contribution in [2.75, 3.05) is 20.1 Å². The Morgan fingerprint density at radius 2 is 1.94 bits per heavy atom. The fourth-order valence-corrected chi connectivity index (χ4v) is 4.74. The Labute approximate surface area is 188 Å². The molecule has 1 aromatic carbocycles. The van der Waals surface area contributed by atoms with Crippen LogP contribution in [0.2, 0.25) is 0 Å². The maximum Gasteiger partial charge on any atom is 0.227 e. The number of aliphatic hydroxyl groups is 1. The second-order valence-corrected chi connectivity index (χ2v) is 9.35. The molecule has 1 N–H and O–H groups in total. The van der Waals surface area contributed by atoms with E-state index in [0.29, 0.717) is 41.6 Å². The predicted octanol–water partition coefficient (Wildman–Crippen LogP) is 3.90. The van der Waals surface area contributed by atoms with Crippen molar-refractivity contribution in [3.8, 4) is 17.5 Å². The molecule has 3 aromatic rings. The van der Waals surface area contributed by atoms with Gasteiger partial charge in [0.05, 0.1) is 6.07 Å². The van der Waals surface area contributed by atoms with E-state index in [4.69, 9.17) is 9.78 Å². The zero-order chi connectivity index (χ0) is 22.9. The Balaban J connectivity index is 1.76. The molecule has 3 heterocycles. The lowest BCUT2D eigenvalue weighted by Gasteiger charge is -2.55. The molecule has 0 saturated carbocycles. The van der Waals surface area contributed by atoms with Gasteiger partial charge in [-0.1, -0.05) is 50.2 Å². The third-order valence-electron chi connectivity index (χ3n) is 6.44. The van der Waals surface area contributed by atoms with Crippen molar-refractivity contribution in [1.82, 2.24) is 20.0 Å². The maximum absolute atomic E-state index is 12.3. The lowest BCUT2D eigenvalue weighted by molar-refractivity contribution is -0.127. The Morgan fingerprint density at radius 1 is 1.22 bits per heavy atom. The zero-order valence-corrected chi connectivity index (χ0v) is 19.0. The van der Waals surface area contributed by atoms with E-state index >= 15 is 0 Å². The largest absolute Gasteiger partial charge is 0.380 e. The van der Waals surface area contributed by atoms with Crippen LogP contribution in [0.3, 0.4) is 0 Å². The number of pyridine rings is 1. The van der Waals surface area contributed by atoms with Gasteiger partial charge in [0, 0.05) is 54.9 Å². The van der Waals surface area contributed by atoms with Crippen LogP contribution in [-0.2, 0) is 12.0 Å². The number of aryl methyl sites for hydroxylation is 1. The van der Waals surface area contributed by atoms with Crippen LogP contribution in [0.4, 0.5) is 0 Å².